The van der Waals surface area contributed by atoms with E-state index in [2.05, 4.69) is 20.8 Å². The fourth-order valence-electron chi connectivity index (χ4n) is 2.91. The van der Waals surface area contributed by atoms with Crippen LogP contribution in [0.1, 0.15) is 44.7 Å². The molecule has 1 aliphatic rings. The molecule has 0 aliphatic carbocycles. The van der Waals surface area contributed by atoms with E-state index in [0.29, 0.717) is 24.5 Å². The van der Waals surface area contributed by atoms with Crippen molar-refractivity contribution < 1.29 is 9.53 Å². The number of nitrogens with two attached hydrogens (primary N) is 1. The Balaban J connectivity index is 2.01. The lowest BCUT2D eigenvalue weighted by Gasteiger charge is -2.22. The molecule has 1 aliphatic heterocycles. The van der Waals surface area contributed by atoms with Gasteiger partial charge in [0.25, 0.3) is 0 Å². The quantitative estimate of drug-likeness (QED) is 0.905. The first kappa shape index (κ1) is 16.3. The maximum atomic E-state index is 12.2. The minimum absolute atomic E-state index is 0.0920. The van der Waals surface area contributed by atoms with Gasteiger partial charge in [0, 0.05) is 35.9 Å². The molecule has 0 bridgehead atoms. The lowest BCUT2D eigenvalue weighted by atomic mass is 9.86. The van der Waals surface area contributed by atoms with Crippen LogP contribution < -0.4 is 10.5 Å². The van der Waals surface area contributed by atoms with Crippen LogP contribution in [0.4, 0.5) is 0 Å². The molecule has 1 atom stereocenters. The fourth-order valence-corrected chi connectivity index (χ4v) is 3.18. The van der Waals surface area contributed by atoms with Crippen LogP contribution in [0, 0.1) is 5.41 Å². The number of hydrogen-bond donors (Lipinski definition) is 1. The van der Waals surface area contributed by atoms with Crippen LogP contribution in [0.3, 0.4) is 0 Å². The van der Waals surface area contributed by atoms with E-state index in [1.165, 1.54) is 0 Å². The Labute approximate surface area is 131 Å². The van der Waals surface area contributed by atoms with Gasteiger partial charge in [0.15, 0.2) is 0 Å². The van der Waals surface area contributed by atoms with Crippen molar-refractivity contribution in [1.29, 1.82) is 0 Å². The molecule has 3 nitrogen and oxygen atoms in total. The van der Waals surface area contributed by atoms with Gasteiger partial charge in [-0.1, -0.05) is 32.4 Å². The van der Waals surface area contributed by atoms with Gasteiger partial charge in [0.2, 0.25) is 0 Å². The minimum atomic E-state index is -0.0920. The Morgan fingerprint density at radius 1 is 1.43 bits per heavy atom. The van der Waals surface area contributed by atoms with Crippen molar-refractivity contribution in [1.82, 2.24) is 0 Å². The Morgan fingerprint density at radius 2 is 2.14 bits per heavy atom. The molecule has 0 saturated carbocycles. The largest absolute Gasteiger partial charge is 0.493 e. The lowest BCUT2D eigenvalue weighted by molar-refractivity contribution is -0.118. The van der Waals surface area contributed by atoms with Gasteiger partial charge in [-0.25, -0.2) is 0 Å². The van der Waals surface area contributed by atoms with Gasteiger partial charge in [-0.2, -0.15) is 0 Å². The summed E-state index contributed by atoms with van der Waals surface area (Å²) in [7, 11) is 0. The predicted molar refractivity (Wildman–Crippen MR) is 86.0 cm³/mol. The fraction of sp³-hybridized carbons (Fsp3) is 0.588. The summed E-state index contributed by atoms with van der Waals surface area (Å²) >= 11 is 6.11. The molecule has 0 amide bonds. The van der Waals surface area contributed by atoms with Crippen LogP contribution >= 0.6 is 11.6 Å². The molecule has 4 heteroatoms. The summed E-state index contributed by atoms with van der Waals surface area (Å²) < 4.78 is 5.63. The second kappa shape index (κ2) is 6.37. The molecular weight excluding hydrogens is 286 g/mol. The summed E-state index contributed by atoms with van der Waals surface area (Å²) in [5.41, 5.74) is 8.21. The smallest absolute Gasteiger partial charge is 0.138 e. The second-order valence-corrected chi connectivity index (χ2v) is 7.53. The maximum Gasteiger partial charge on any atom is 0.138 e. The van der Waals surface area contributed by atoms with E-state index in [9.17, 15) is 4.79 Å². The van der Waals surface area contributed by atoms with Crippen LogP contribution in [-0.4, -0.2) is 18.4 Å². The molecular formula is C17H24ClNO2. The Morgan fingerprint density at radius 3 is 2.81 bits per heavy atom. The molecule has 0 fully saturated rings. The number of fused-ring (bicyclic) bond motifs is 1. The first-order valence-electron chi connectivity index (χ1n) is 7.46. The Bertz CT molecular complexity index is 534. The molecule has 1 unspecified atom stereocenters. The van der Waals surface area contributed by atoms with Crippen molar-refractivity contribution in [3.63, 3.8) is 0 Å². The van der Waals surface area contributed by atoms with E-state index < -0.39 is 0 Å². The normalized spacial score (nSPS) is 15.5. The molecule has 2 rings (SSSR count). The van der Waals surface area contributed by atoms with Crippen molar-refractivity contribution in [3.05, 3.63) is 28.3 Å². The number of carbonyl (C=O) groups excluding carboxylic acids is 1. The van der Waals surface area contributed by atoms with Gasteiger partial charge in [-0.05, 0) is 29.5 Å². The summed E-state index contributed by atoms with van der Waals surface area (Å²) in [6, 6.07) is 3.66. The standard InChI is InChI=1S/C17H24ClNO2/c1-17(2,3)10-14(19)9-15(20)8-12-7-13(18)6-11-4-5-21-16(11)12/h6-7,14H,4-5,8-10,19H2,1-3H3. The van der Waals surface area contributed by atoms with E-state index in [-0.39, 0.29) is 17.2 Å². The molecule has 1 aromatic rings. The first-order chi connectivity index (χ1) is 9.74. The molecule has 1 heterocycles. The van der Waals surface area contributed by atoms with Gasteiger partial charge < -0.3 is 10.5 Å². The van der Waals surface area contributed by atoms with Crippen molar-refractivity contribution in [2.24, 2.45) is 11.1 Å². The van der Waals surface area contributed by atoms with Gasteiger partial charge in [-0.3, -0.25) is 4.79 Å². The highest BCUT2D eigenvalue weighted by atomic mass is 35.5. The van der Waals surface area contributed by atoms with Crippen molar-refractivity contribution in [3.8, 4) is 5.75 Å². The molecule has 116 valence electrons. The number of carbonyl (C=O) groups is 1. The molecule has 2 N–H and O–H groups in total. The molecule has 0 spiro atoms. The number of benzene rings is 1. The van der Waals surface area contributed by atoms with Crippen LogP contribution in [0.25, 0.3) is 0 Å². The van der Waals surface area contributed by atoms with Crippen LogP contribution in [0.15, 0.2) is 12.1 Å². The summed E-state index contributed by atoms with van der Waals surface area (Å²) in [4.78, 5) is 12.2. The summed E-state index contributed by atoms with van der Waals surface area (Å²) in [5, 5.41) is 0.668. The highest BCUT2D eigenvalue weighted by Gasteiger charge is 2.22. The lowest BCUT2D eigenvalue weighted by Crippen LogP contribution is -2.29. The number of halogens is 1. The zero-order valence-corrected chi connectivity index (χ0v) is 13.8. The Hall–Kier alpha value is -1.06. The predicted octanol–water partition coefficient (Wildman–Crippen LogP) is 3.54. The Kier molecular flexibility index (Phi) is 4.95. The first-order valence-corrected chi connectivity index (χ1v) is 7.84. The SMILES string of the molecule is CC(C)(C)CC(N)CC(=O)Cc1cc(Cl)cc2c1OCC2. The topological polar surface area (TPSA) is 52.3 Å². The zero-order valence-electron chi connectivity index (χ0n) is 13.0. The number of ether oxygens (including phenoxy) is 1. The molecule has 1 aromatic carbocycles. The third-order valence-electron chi connectivity index (χ3n) is 3.58. The monoisotopic (exact) mass is 309 g/mol. The highest BCUT2D eigenvalue weighted by molar-refractivity contribution is 6.30. The van der Waals surface area contributed by atoms with E-state index in [1.807, 2.05) is 12.1 Å². The summed E-state index contributed by atoms with van der Waals surface area (Å²) in [5.74, 6) is 0.990. The molecule has 0 aromatic heterocycles. The highest BCUT2D eigenvalue weighted by Crippen LogP contribution is 2.33. The van der Waals surface area contributed by atoms with E-state index >= 15 is 0 Å². The molecule has 0 saturated heterocycles. The average Bonchev–Trinajstić information content (AvgIpc) is 2.73. The van der Waals surface area contributed by atoms with Crippen LogP contribution in [0.2, 0.25) is 5.02 Å². The third-order valence-corrected chi connectivity index (χ3v) is 3.80. The second-order valence-electron chi connectivity index (χ2n) is 7.10. The van der Waals surface area contributed by atoms with Crippen molar-refractivity contribution >= 4 is 17.4 Å². The number of rotatable bonds is 5. The number of Topliss-reactive ketones (excluding diaryl/α,β-unsaturated/α-hetero) is 1. The van der Waals surface area contributed by atoms with Crippen molar-refractivity contribution in [2.75, 3.05) is 6.61 Å². The van der Waals surface area contributed by atoms with E-state index in [1.54, 1.807) is 0 Å². The van der Waals surface area contributed by atoms with Gasteiger partial charge >= 0.3 is 0 Å². The van der Waals surface area contributed by atoms with Gasteiger partial charge in [-0.15, -0.1) is 0 Å². The maximum absolute atomic E-state index is 12.2. The van der Waals surface area contributed by atoms with Crippen LogP contribution in [-0.2, 0) is 17.6 Å². The number of ketones is 1. The molecule has 21 heavy (non-hydrogen) atoms. The summed E-state index contributed by atoms with van der Waals surface area (Å²) in [6.45, 7) is 7.07. The van der Waals surface area contributed by atoms with E-state index in [0.717, 1.165) is 29.7 Å². The van der Waals surface area contributed by atoms with Crippen molar-refractivity contribution in [2.45, 2.75) is 52.5 Å². The number of hydrogen-bond acceptors (Lipinski definition) is 3. The van der Waals surface area contributed by atoms with E-state index in [4.69, 9.17) is 22.1 Å². The van der Waals surface area contributed by atoms with Gasteiger partial charge in [0.1, 0.15) is 11.5 Å². The van der Waals surface area contributed by atoms with Crippen LogP contribution in [0.5, 0.6) is 5.75 Å². The minimum Gasteiger partial charge on any atom is -0.493 e. The summed E-state index contributed by atoms with van der Waals surface area (Å²) in [6.07, 6.45) is 2.45. The van der Waals surface area contributed by atoms with Gasteiger partial charge in [0.05, 0.1) is 6.61 Å². The third kappa shape index (κ3) is 4.72. The zero-order chi connectivity index (χ0) is 15.6. The average molecular weight is 310 g/mol. The molecule has 0 radical (unpaired) electrons.